The minimum atomic E-state index is -0.431. The lowest BCUT2D eigenvalue weighted by Gasteiger charge is -2.01. The number of benzene rings is 1. The summed E-state index contributed by atoms with van der Waals surface area (Å²) in [6.45, 7) is 3.82. The Morgan fingerprint density at radius 3 is 2.62 bits per heavy atom. The van der Waals surface area contributed by atoms with E-state index in [4.69, 9.17) is 5.26 Å². The molecule has 0 N–H and O–H groups in total. The zero-order chi connectivity index (χ0) is 11.7. The van der Waals surface area contributed by atoms with Crippen LogP contribution in [0.15, 0.2) is 24.4 Å². The summed E-state index contributed by atoms with van der Waals surface area (Å²) in [6, 6.07) is 6.08. The molecule has 0 aliphatic heterocycles. The van der Waals surface area contributed by atoms with Gasteiger partial charge in [-0.3, -0.25) is 0 Å². The van der Waals surface area contributed by atoms with Crippen LogP contribution in [0, 0.1) is 31.0 Å². The molecule has 16 heavy (non-hydrogen) atoms. The standard InChI is InChI=1S/C12H10FN3/c1-8-7-16(15-9(8)2)12-4-10(6-14)3-11(13)5-12/h3-5,7H,1-2H3. The molecule has 2 aromatic rings. The van der Waals surface area contributed by atoms with Crippen molar-refractivity contribution >= 4 is 0 Å². The summed E-state index contributed by atoms with van der Waals surface area (Å²) in [5, 5.41) is 13.0. The third-order valence-corrected chi connectivity index (χ3v) is 2.42. The van der Waals surface area contributed by atoms with Crippen molar-refractivity contribution < 1.29 is 4.39 Å². The van der Waals surface area contributed by atoms with Crippen LogP contribution in [0.5, 0.6) is 0 Å². The minimum absolute atomic E-state index is 0.292. The molecular formula is C12H10FN3. The first-order valence-corrected chi connectivity index (χ1v) is 4.84. The van der Waals surface area contributed by atoms with Gasteiger partial charge in [0.25, 0.3) is 0 Å². The van der Waals surface area contributed by atoms with Gasteiger partial charge in [0.15, 0.2) is 0 Å². The number of halogens is 1. The van der Waals surface area contributed by atoms with Crippen LogP contribution in [0.1, 0.15) is 16.8 Å². The quantitative estimate of drug-likeness (QED) is 0.733. The highest BCUT2D eigenvalue weighted by Crippen LogP contribution is 2.14. The second kappa shape index (κ2) is 3.78. The van der Waals surface area contributed by atoms with Crippen molar-refractivity contribution in [2.45, 2.75) is 13.8 Å². The largest absolute Gasteiger partial charge is 0.240 e. The van der Waals surface area contributed by atoms with Gasteiger partial charge >= 0.3 is 0 Å². The number of aromatic nitrogens is 2. The fourth-order valence-corrected chi connectivity index (χ4v) is 1.45. The van der Waals surface area contributed by atoms with Gasteiger partial charge in [-0.05, 0) is 37.6 Å². The lowest BCUT2D eigenvalue weighted by atomic mass is 10.2. The molecule has 0 spiro atoms. The third-order valence-electron chi connectivity index (χ3n) is 2.42. The first-order valence-electron chi connectivity index (χ1n) is 4.84. The van der Waals surface area contributed by atoms with Crippen LogP contribution in [0.4, 0.5) is 4.39 Å². The number of aryl methyl sites for hydroxylation is 2. The smallest absolute Gasteiger partial charge is 0.126 e. The van der Waals surface area contributed by atoms with E-state index in [1.165, 1.54) is 12.1 Å². The molecule has 3 nitrogen and oxygen atoms in total. The van der Waals surface area contributed by atoms with Crippen molar-refractivity contribution in [1.82, 2.24) is 9.78 Å². The number of rotatable bonds is 1. The SMILES string of the molecule is Cc1cn(-c2cc(F)cc(C#N)c2)nc1C. The molecule has 2 rings (SSSR count). The maximum Gasteiger partial charge on any atom is 0.126 e. The second-order valence-electron chi connectivity index (χ2n) is 3.65. The normalized spacial score (nSPS) is 10.1. The topological polar surface area (TPSA) is 41.6 Å². The first kappa shape index (κ1) is 10.4. The molecule has 1 aromatic heterocycles. The molecule has 80 valence electrons. The number of hydrogen-bond acceptors (Lipinski definition) is 2. The molecule has 0 saturated heterocycles. The fourth-order valence-electron chi connectivity index (χ4n) is 1.45. The summed E-state index contributed by atoms with van der Waals surface area (Å²) in [5.74, 6) is -0.431. The Hall–Kier alpha value is -2.15. The molecule has 0 fully saturated rings. The monoisotopic (exact) mass is 215 g/mol. The molecule has 1 heterocycles. The summed E-state index contributed by atoms with van der Waals surface area (Å²) < 4.78 is 14.8. The molecule has 0 radical (unpaired) electrons. The Labute approximate surface area is 92.7 Å². The van der Waals surface area contributed by atoms with Crippen molar-refractivity contribution in [3.05, 3.63) is 47.0 Å². The fraction of sp³-hybridized carbons (Fsp3) is 0.167. The van der Waals surface area contributed by atoms with Gasteiger partial charge in [0, 0.05) is 6.20 Å². The first-order chi connectivity index (χ1) is 7.60. The second-order valence-corrected chi connectivity index (χ2v) is 3.65. The van der Waals surface area contributed by atoms with Crippen LogP contribution in [-0.4, -0.2) is 9.78 Å². The predicted molar refractivity (Wildman–Crippen MR) is 57.7 cm³/mol. The summed E-state index contributed by atoms with van der Waals surface area (Å²) in [5.41, 5.74) is 2.78. The van der Waals surface area contributed by atoms with Crippen LogP contribution >= 0.6 is 0 Å². The van der Waals surface area contributed by atoms with Crippen LogP contribution in [0.3, 0.4) is 0 Å². The molecule has 0 atom stereocenters. The van der Waals surface area contributed by atoms with Gasteiger partial charge in [-0.1, -0.05) is 0 Å². The van der Waals surface area contributed by atoms with Gasteiger partial charge in [0.05, 0.1) is 23.0 Å². The molecule has 1 aromatic carbocycles. The van der Waals surface area contributed by atoms with Crippen molar-refractivity contribution in [3.8, 4) is 11.8 Å². The predicted octanol–water partition coefficient (Wildman–Crippen LogP) is 2.50. The highest BCUT2D eigenvalue weighted by atomic mass is 19.1. The van der Waals surface area contributed by atoms with E-state index in [9.17, 15) is 4.39 Å². The van der Waals surface area contributed by atoms with Crippen molar-refractivity contribution in [1.29, 1.82) is 5.26 Å². The summed E-state index contributed by atoms with van der Waals surface area (Å²) in [4.78, 5) is 0. The lowest BCUT2D eigenvalue weighted by Crippen LogP contribution is -1.96. The average molecular weight is 215 g/mol. The van der Waals surface area contributed by atoms with Gasteiger partial charge in [0.1, 0.15) is 5.82 Å². The molecule has 0 unspecified atom stereocenters. The summed E-state index contributed by atoms with van der Waals surface area (Å²) in [6.07, 6.45) is 1.81. The van der Waals surface area contributed by atoms with Crippen LogP contribution < -0.4 is 0 Å². The van der Waals surface area contributed by atoms with E-state index in [1.54, 1.807) is 10.7 Å². The Morgan fingerprint density at radius 1 is 1.31 bits per heavy atom. The maximum atomic E-state index is 13.2. The number of nitrogens with zero attached hydrogens (tertiary/aromatic N) is 3. The van der Waals surface area contributed by atoms with E-state index in [-0.39, 0.29) is 0 Å². The van der Waals surface area contributed by atoms with E-state index in [0.717, 1.165) is 11.3 Å². The molecule has 0 bridgehead atoms. The Bertz CT molecular complexity index is 559. The zero-order valence-electron chi connectivity index (χ0n) is 9.03. The Kier molecular flexibility index (Phi) is 2.45. The average Bonchev–Trinajstić information content (AvgIpc) is 2.58. The number of nitriles is 1. The third kappa shape index (κ3) is 1.80. The molecule has 0 saturated carbocycles. The van der Waals surface area contributed by atoms with Gasteiger partial charge in [-0.25, -0.2) is 9.07 Å². The number of hydrogen-bond donors (Lipinski definition) is 0. The highest BCUT2D eigenvalue weighted by Gasteiger charge is 2.05. The zero-order valence-corrected chi connectivity index (χ0v) is 9.03. The molecule has 0 aliphatic carbocycles. The van der Waals surface area contributed by atoms with Gasteiger partial charge in [0.2, 0.25) is 0 Å². The molecule has 0 amide bonds. The van der Waals surface area contributed by atoms with Gasteiger partial charge < -0.3 is 0 Å². The van der Waals surface area contributed by atoms with E-state index in [0.29, 0.717) is 11.3 Å². The van der Waals surface area contributed by atoms with Gasteiger partial charge in [-0.2, -0.15) is 10.4 Å². The van der Waals surface area contributed by atoms with E-state index in [2.05, 4.69) is 5.10 Å². The molecule has 4 heteroatoms. The van der Waals surface area contributed by atoms with Crippen molar-refractivity contribution in [2.24, 2.45) is 0 Å². The summed E-state index contributed by atoms with van der Waals surface area (Å²) >= 11 is 0. The van der Waals surface area contributed by atoms with E-state index < -0.39 is 5.82 Å². The van der Waals surface area contributed by atoms with Crippen LogP contribution in [0.2, 0.25) is 0 Å². The van der Waals surface area contributed by atoms with E-state index >= 15 is 0 Å². The van der Waals surface area contributed by atoms with Crippen LogP contribution in [-0.2, 0) is 0 Å². The van der Waals surface area contributed by atoms with Gasteiger partial charge in [-0.15, -0.1) is 0 Å². The molecular weight excluding hydrogens is 205 g/mol. The summed E-state index contributed by atoms with van der Waals surface area (Å²) in [7, 11) is 0. The Morgan fingerprint density at radius 2 is 2.06 bits per heavy atom. The Balaban J connectivity index is 2.56. The van der Waals surface area contributed by atoms with Crippen molar-refractivity contribution in [2.75, 3.05) is 0 Å². The van der Waals surface area contributed by atoms with Crippen LogP contribution in [0.25, 0.3) is 5.69 Å². The maximum absolute atomic E-state index is 13.2. The lowest BCUT2D eigenvalue weighted by molar-refractivity contribution is 0.625. The minimum Gasteiger partial charge on any atom is -0.240 e. The molecule has 0 aliphatic rings. The van der Waals surface area contributed by atoms with Crippen molar-refractivity contribution in [3.63, 3.8) is 0 Å². The highest BCUT2D eigenvalue weighted by molar-refractivity contribution is 5.42. The van der Waals surface area contributed by atoms with E-state index in [1.807, 2.05) is 26.1 Å².